The normalized spacial score (nSPS) is 22.3. The summed E-state index contributed by atoms with van der Waals surface area (Å²) in [4.78, 5) is 0. The maximum atomic E-state index is 13.5. The molecule has 1 nitrogen and oxygen atoms in total. The van der Waals surface area contributed by atoms with Crippen LogP contribution in [-0.4, -0.2) is 17.0 Å². The first-order valence-electron chi connectivity index (χ1n) is 5.48. The molecule has 2 rings (SSSR count). The number of nitrogens with two attached hydrogens (primary N) is 1. The fraction of sp³-hybridized carbons (Fsp3) is 0.500. The largest absolute Gasteiger partial charge is 0.326 e. The fourth-order valence-corrected chi connectivity index (χ4v) is 3.75. The third-order valence-corrected chi connectivity index (χ3v) is 4.94. The van der Waals surface area contributed by atoms with Gasteiger partial charge in [-0.05, 0) is 48.8 Å². The molecular formula is C12H15BrFNS. The number of hydrogen-bond acceptors (Lipinski definition) is 2. The lowest BCUT2D eigenvalue weighted by molar-refractivity contribution is 0.567. The van der Waals surface area contributed by atoms with Crippen LogP contribution in [0.15, 0.2) is 22.7 Å². The van der Waals surface area contributed by atoms with Crippen LogP contribution in [0.1, 0.15) is 18.4 Å². The zero-order valence-corrected chi connectivity index (χ0v) is 11.4. The molecule has 0 spiro atoms. The van der Waals surface area contributed by atoms with Crippen molar-refractivity contribution in [1.82, 2.24) is 0 Å². The molecule has 0 aromatic heterocycles. The molecule has 0 amide bonds. The minimum Gasteiger partial charge on any atom is -0.326 e. The molecule has 1 fully saturated rings. The van der Waals surface area contributed by atoms with Gasteiger partial charge in [-0.2, -0.15) is 11.8 Å². The van der Waals surface area contributed by atoms with Crippen molar-refractivity contribution >= 4 is 27.7 Å². The maximum absolute atomic E-state index is 13.5. The molecule has 0 aliphatic carbocycles. The fourth-order valence-electron chi connectivity index (χ4n) is 2.03. The van der Waals surface area contributed by atoms with Crippen molar-refractivity contribution in [3.8, 4) is 0 Å². The van der Waals surface area contributed by atoms with Crippen LogP contribution in [0.2, 0.25) is 0 Å². The van der Waals surface area contributed by atoms with Gasteiger partial charge in [0.15, 0.2) is 0 Å². The molecule has 1 heterocycles. The van der Waals surface area contributed by atoms with E-state index in [1.807, 2.05) is 17.8 Å². The summed E-state index contributed by atoms with van der Waals surface area (Å²) in [6, 6.07) is 5.11. The Kier molecular flexibility index (Phi) is 4.27. The highest BCUT2D eigenvalue weighted by atomic mass is 79.9. The maximum Gasteiger partial charge on any atom is 0.126 e. The molecule has 2 unspecified atom stereocenters. The predicted octanol–water partition coefficient (Wildman–Crippen LogP) is 3.35. The predicted molar refractivity (Wildman–Crippen MR) is 71.3 cm³/mol. The Morgan fingerprint density at radius 3 is 3.06 bits per heavy atom. The molecular weight excluding hydrogens is 289 g/mol. The second-order valence-corrected chi connectivity index (χ2v) is 6.42. The van der Waals surface area contributed by atoms with Crippen LogP contribution >= 0.6 is 27.7 Å². The van der Waals surface area contributed by atoms with Crippen molar-refractivity contribution in [2.75, 3.05) is 5.75 Å². The minimum absolute atomic E-state index is 0.0660. The van der Waals surface area contributed by atoms with Gasteiger partial charge in [-0.25, -0.2) is 4.39 Å². The van der Waals surface area contributed by atoms with Crippen molar-refractivity contribution < 1.29 is 4.39 Å². The first-order chi connectivity index (χ1) is 7.66. The van der Waals surface area contributed by atoms with Crippen molar-refractivity contribution in [2.45, 2.75) is 30.6 Å². The van der Waals surface area contributed by atoms with Crippen molar-refractivity contribution in [1.29, 1.82) is 0 Å². The Morgan fingerprint density at radius 2 is 2.38 bits per heavy atom. The number of rotatable bonds is 3. The molecule has 1 aromatic rings. The number of thioether (sulfide) groups is 1. The Morgan fingerprint density at radius 1 is 1.56 bits per heavy atom. The highest BCUT2D eigenvalue weighted by Crippen LogP contribution is 2.29. The van der Waals surface area contributed by atoms with Gasteiger partial charge in [0.1, 0.15) is 5.82 Å². The first-order valence-corrected chi connectivity index (χ1v) is 7.32. The highest BCUT2D eigenvalue weighted by molar-refractivity contribution is 9.10. The SMILES string of the molecule is NC(Cc1cc(Br)ccc1F)C1CCCS1. The van der Waals surface area contributed by atoms with E-state index in [2.05, 4.69) is 15.9 Å². The first kappa shape index (κ1) is 12.4. The van der Waals surface area contributed by atoms with E-state index in [9.17, 15) is 4.39 Å². The summed E-state index contributed by atoms with van der Waals surface area (Å²) in [6.07, 6.45) is 3.04. The Bertz CT molecular complexity index is 366. The second kappa shape index (κ2) is 5.52. The Hall–Kier alpha value is -0.0600. The lowest BCUT2D eigenvalue weighted by Gasteiger charge is -2.18. The van der Waals surface area contributed by atoms with Gasteiger partial charge in [-0.3, -0.25) is 0 Å². The molecule has 1 saturated heterocycles. The molecule has 1 aliphatic heterocycles. The zero-order valence-electron chi connectivity index (χ0n) is 8.96. The van der Waals surface area contributed by atoms with Crippen LogP contribution in [0.5, 0.6) is 0 Å². The Labute approximate surface area is 108 Å². The molecule has 4 heteroatoms. The summed E-state index contributed by atoms with van der Waals surface area (Å²) in [6.45, 7) is 0. The van der Waals surface area contributed by atoms with E-state index in [1.165, 1.54) is 24.7 Å². The van der Waals surface area contributed by atoms with E-state index in [-0.39, 0.29) is 11.9 Å². The standard InChI is InChI=1S/C12H15BrFNS/c13-9-3-4-10(14)8(6-9)7-11(15)12-2-1-5-16-12/h3-4,6,11-12H,1-2,5,7,15H2. The monoisotopic (exact) mass is 303 g/mol. The molecule has 2 atom stereocenters. The van der Waals surface area contributed by atoms with Crippen molar-refractivity contribution in [3.63, 3.8) is 0 Å². The van der Waals surface area contributed by atoms with Gasteiger partial charge in [-0.1, -0.05) is 15.9 Å². The highest BCUT2D eigenvalue weighted by Gasteiger charge is 2.23. The van der Waals surface area contributed by atoms with Crippen molar-refractivity contribution in [2.24, 2.45) is 5.73 Å². The van der Waals surface area contributed by atoms with Gasteiger partial charge in [0.05, 0.1) is 0 Å². The smallest absolute Gasteiger partial charge is 0.126 e. The summed E-state index contributed by atoms with van der Waals surface area (Å²) in [5, 5.41) is 0.499. The van der Waals surface area contributed by atoms with Crippen LogP contribution in [0.25, 0.3) is 0 Å². The minimum atomic E-state index is -0.151. The van der Waals surface area contributed by atoms with E-state index >= 15 is 0 Å². The van der Waals surface area contributed by atoms with Gasteiger partial charge in [0.25, 0.3) is 0 Å². The molecule has 0 radical (unpaired) electrons. The summed E-state index contributed by atoms with van der Waals surface area (Å²) in [5.41, 5.74) is 6.84. The summed E-state index contributed by atoms with van der Waals surface area (Å²) in [7, 11) is 0. The van der Waals surface area contributed by atoms with Crippen molar-refractivity contribution in [3.05, 3.63) is 34.1 Å². The van der Waals surface area contributed by atoms with E-state index in [0.29, 0.717) is 11.7 Å². The molecule has 88 valence electrons. The molecule has 0 saturated carbocycles. The average Bonchev–Trinajstić information content (AvgIpc) is 2.76. The molecule has 2 N–H and O–H groups in total. The van der Waals surface area contributed by atoms with Crippen LogP contribution in [0.3, 0.4) is 0 Å². The quantitative estimate of drug-likeness (QED) is 0.927. The lowest BCUT2D eigenvalue weighted by atomic mass is 10.0. The van der Waals surface area contributed by atoms with E-state index in [0.717, 1.165) is 10.0 Å². The Balaban J connectivity index is 2.04. The zero-order chi connectivity index (χ0) is 11.5. The molecule has 16 heavy (non-hydrogen) atoms. The summed E-state index contributed by atoms with van der Waals surface area (Å²) >= 11 is 5.28. The molecule has 1 aliphatic rings. The molecule has 1 aromatic carbocycles. The third-order valence-electron chi connectivity index (χ3n) is 2.91. The second-order valence-electron chi connectivity index (χ2n) is 4.16. The summed E-state index contributed by atoms with van der Waals surface area (Å²) < 4.78 is 14.4. The van der Waals surface area contributed by atoms with Crippen LogP contribution in [0, 0.1) is 5.82 Å². The van der Waals surface area contributed by atoms with E-state index < -0.39 is 0 Å². The van der Waals surface area contributed by atoms with Crippen LogP contribution < -0.4 is 5.73 Å². The van der Waals surface area contributed by atoms with E-state index in [4.69, 9.17) is 5.73 Å². The lowest BCUT2D eigenvalue weighted by Crippen LogP contribution is -2.33. The van der Waals surface area contributed by atoms with Crippen LogP contribution in [0.4, 0.5) is 4.39 Å². The van der Waals surface area contributed by atoms with Gasteiger partial charge in [-0.15, -0.1) is 0 Å². The number of hydrogen-bond donors (Lipinski definition) is 1. The van der Waals surface area contributed by atoms with Gasteiger partial charge < -0.3 is 5.73 Å². The average molecular weight is 304 g/mol. The van der Waals surface area contributed by atoms with Crippen LogP contribution in [-0.2, 0) is 6.42 Å². The van der Waals surface area contributed by atoms with Gasteiger partial charge in [0.2, 0.25) is 0 Å². The third kappa shape index (κ3) is 2.99. The molecule has 0 bridgehead atoms. The van der Waals surface area contributed by atoms with Gasteiger partial charge in [0, 0.05) is 15.8 Å². The van der Waals surface area contributed by atoms with Gasteiger partial charge >= 0.3 is 0 Å². The summed E-state index contributed by atoms with van der Waals surface area (Å²) in [5.74, 6) is 1.04. The number of halogens is 2. The van der Waals surface area contributed by atoms with E-state index in [1.54, 1.807) is 6.07 Å². The topological polar surface area (TPSA) is 26.0 Å². The number of benzene rings is 1.